The minimum Gasteiger partial charge on any atom is -0.703 e. The number of nitrogens with zero attached hydrogens (tertiary/aromatic N) is 2. The summed E-state index contributed by atoms with van der Waals surface area (Å²) in [5, 5.41) is 20.1. The molecule has 0 bridgehead atoms. The van der Waals surface area contributed by atoms with Gasteiger partial charge in [-0.25, -0.2) is 0 Å². The summed E-state index contributed by atoms with van der Waals surface area (Å²) in [4.78, 5) is 10.6. The highest BCUT2D eigenvalue weighted by molar-refractivity contribution is 4.94. The maximum Gasteiger partial charge on any atom is 0.367 e. The molecule has 0 aromatic heterocycles. The highest BCUT2D eigenvalue weighted by atomic mass is 16.6. The van der Waals surface area contributed by atoms with Crippen LogP contribution in [0, 0.1) is 10.1 Å². The minimum atomic E-state index is -1.56. The fraction of sp³-hybridized carbons (Fsp3) is 1.00. The average molecular weight is 146 g/mol. The van der Waals surface area contributed by atoms with Crippen molar-refractivity contribution in [3.63, 3.8) is 0 Å². The number of rotatable bonds is 0. The van der Waals surface area contributed by atoms with Gasteiger partial charge in [-0.05, 0) is 13.8 Å². The van der Waals surface area contributed by atoms with Crippen molar-refractivity contribution in [2.24, 2.45) is 0 Å². The van der Waals surface area contributed by atoms with E-state index in [1.54, 1.807) is 0 Å². The Morgan fingerprint density at radius 2 is 1.90 bits per heavy atom. The first-order chi connectivity index (χ1) is 4.32. The fourth-order valence-corrected chi connectivity index (χ4v) is 0.774. The van der Waals surface area contributed by atoms with E-state index in [1.165, 1.54) is 20.8 Å². The van der Waals surface area contributed by atoms with Gasteiger partial charge in [0.15, 0.2) is 5.54 Å². The first-order valence-corrected chi connectivity index (χ1v) is 2.99. The lowest BCUT2D eigenvalue weighted by molar-refractivity contribution is -0.884. The lowest BCUT2D eigenvalue weighted by Crippen LogP contribution is -2.77. The number of hydrogen-bond donors (Lipinski definition) is 1. The van der Waals surface area contributed by atoms with Crippen LogP contribution in [-0.4, -0.2) is 26.4 Å². The molecule has 1 aliphatic rings. The van der Waals surface area contributed by atoms with Crippen LogP contribution >= 0.6 is 0 Å². The molecule has 0 unspecified atom stereocenters. The predicted octanol–water partition coefficient (Wildman–Crippen LogP) is -0.0192. The molecular formula is C5H10N2O3. The van der Waals surface area contributed by atoms with Gasteiger partial charge in [-0.1, -0.05) is 0 Å². The van der Waals surface area contributed by atoms with Crippen molar-refractivity contribution >= 4 is 0 Å². The molecule has 1 rings (SSSR count). The quantitative estimate of drug-likeness (QED) is 0.488. The molecule has 0 radical (unpaired) electrons. The van der Waals surface area contributed by atoms with Crippen LogP contribution in [0.5, 0.6) is 0 Å². The summed E-state index contributed by atoms with van der Waals surface area (Å²) in [5.41, 5.74) is -2.57. The lowest BCUT2D eigenvalue weighted by Gasteiger charge is -2.50. The molecular weight excluding hydrogens is 136 g/mol. The number of hydrogen-bond acceptors (Lipinski definition) is 3. The second-order valence-electron chi connectivity index (χ2n) is 3.13. The van der Waals surface area contributed by atoms with E-state index in [2.05, 4.69) is 0 Å². The second kappa shape index (κ2) is 1.49. The number of aliphatic hydroxyl groups is 1. The maximum absolute atomic E-state index is 10.7. The number of nitroso groups, excluding NO2 is 1. The van der Waals surface area contributed by atoms with Gasteiger partial charge in [0.25, 0.3) is 0 Å². The Bertz CT molecular complexity index is 187. The van der Waals surface area contributed by atoms with Crippen LogP contribution in [0.15, 0.2) is 0 Å². The molecule has 1 N–H and O–H groups in total. The van der Waals surface area contributed by atoms with Crippen LogP contribution in [0.25, 0.3) is 0 Å². The van der Waals surface area contributed by atoms with E-state index in [9.17, 15) is 15.2 Å². The summed E-state index contributed by atoms with van der Waals surface area (Å²) in [5.74, 6) is 0. The van der Waals surface area contributed by atoms with E-state index in [1.807, 2.05) is 0 Å². The largest absolute Gasteiger partial charge is 0.703 e. The predicted molar refractivity (Wildman–Crippen MR) is 33.5 cm³/mol. The van der Waals surface area contributed by atoms with E-state index < -0.39 is 11.3 Å². The first kappa shape index (κ1) is 7.43. The van der Waals surface area contributed by atoms with Gasteiger partial charge in [0.05, 0.1) is 4.91 Å². The summed E-state index contributed by atoms with van der Waals surface area (Å²) in [6, 6.07) is 0. The molecule has 10 heavy (non-hydrogen) atoms. The Hall–Kier alpha value is -0.680. The molecule has 0 amide bonds. The van der Waals surface area contributed by atoms with Crippen molar-refractivity contribution in [3.05, 3.63) is 10.1 Å². The molecule has 1 fully saturated rings. The van der Waals surface area contributed by atoms with Crippen molar-refractivity contribution in [1.29, 1.82) is 0 Å². The molecule has 5 heteroatoms. The Balaban J connectivity index is 2.92. The Morgan fingerprint density at radius 3 is 2.00 bits per heavy atom. The number of hydroxylamine groups is 1. The van der Waals surface area contributed by atoms with Crippen molar-refractivity contribution in [2.45, 2.75) is 32.0 Å². The summed E-state index contributed by atoms with van der Waals surface area (Å²) < 4.78 is 0. The standard InChI is InChI=1S/C5H10N2O3/c1-4(2)5(3,8)7(10)6(4)9/h8H,1-3H3/t5-/m0/s1. The third-order valence-corrected chi connectivity index (χ3v) is 2.17. The van der Waals surface area contributed by atoms with Gasteiger partial charge in [0, 0.05) is 6.92 Å². The second-order valence-corrected chi connectivity index (χ2v) is 3.13. The van der Waals surface area contributed by atoms with Crippen LogP contribution in [0.3, 0.4) is 0 Å². The third kappa shape index (κ3) is 0.494. The third-order valence-electron chi connectivity index (χ3n) is 2.17. The highest BCUT2D eigenvalue weighted by Crippen LogP contribution is 2.38. The zero-order valence-electron chi connectivity index (χ0n) is 6.16. The normalized spacial score (nSPS) is 37.7. The minimum absolute atomic E-state index is 0.0208. The molecule has 1 aliphatic heterocycles. The topological polar surface area (TPSA) is 66.6 Å². The van der Waals surface area contributed by atoms with Gasteiger partial charge in [-0.15, -0.1) is 0 Å². The van der Waals surface area contributed by atoms with Crippen LogP contribution in [-0.2, 0) is 0 Å². The van der Waals surface area contributed by atoms with Gasteiger partial charge in [0.1, 0.15) is 4.87 Å². The van der Waals surface area contributed by atoms with Gasteiger partial charge < -0.3 is 10.3 Å². The average Bonchev–Trinajstić information content (AvgIpc) is 1.84. The van der Waals surface area contributed by atoms with Gasteiger partial charge in [0.2, 0.25) is 0 Å². The zero-order chi connectivity index (χ0) is 8.15. The van der Waals surface area contributed by atoms with Gasteiger partial charge in [-0.3, -0.25) is 0 Å². The molecule has 5 nitrogen and oxygen atoms in total. The lowest BCUT2D eigenvalue weighted by atomic mass is 9.88. The van der Waals surface area contributed by atoms with Gasteiger partial charge in [-0.2, -0.15) is 5.17 Å². The molecule has 58 valence electrons. The molecule has 1 atom stereocenters. The monoisotopic (exact) mass is 146 g/mol. The van der Waals surface area contributed by atoms with Crippen molar-refractivity contribution in [1.82, 2.24) is 5.17 Å². The molecule has 0 aromatic carbocycles. The Kier molecular flexibility index (Phi) is 1.10. The molecule has 1 heterocycles. The maximum atomic E-state index is 10.7. The fourth-order valence-electron chi connectivity index (χ4n) is 0.774. The molecule has 1 saturated heterocycles. The van der Waals surface area contributed by atoms with E-state index >= 15 is 0 Å². The first-order valence-electron chi connectivity index (χ1n) is 2.99. The summed E-state index contributed by atoms with van der Waals surface area (Å²) >= 11 is 0. The molecule has 0 aliphatic carbocycles. The number of hydrazine groups is 1. The zero-order valence-corrected chi connectivity index (χ0v) is 6.16. The van der Waals surface area contributed by atoms with E-state index in [0.717, 1.165) is 0 Å². The molecule has 0 spiro atoms. The van der Waals surface area contributed by atoms with Crippen LogP contribution in [0.1, 0.15) is 20.8 Å². The molecule has 0 saturated carbocycles. The van der Waals surface area contributed by atoms with Crippen molar-refractivity contribution in [3.8, 4) is 0 Å². The van der Waals surface area contributed by atoms with Crippen LogP contribution < -0.4 is 0 Å². The molecule has 0 aromatic rings. The Morgan fingerprint density at radius 1 is 1.50 bits per heavy atom. The summed E-state index contributed by atoms with van der Waals surface area (Å²) in [7, 11) is 0. The summed E-state index contributed by atoms with van der Waals surface area (Å²) in [6.45, 7) is 4.33. The van der Waals surface area contributed by atoms with E-state index in [0.29, 0.717) is 0 Å². The Labute approximate surface area is 58.4 Å². The van der Waals surface area contributed by atoms with Crippen LogP contribution in [0.2, 0.25) is 0 Å². The van der Waals surface area contributed by atoms with E-state index in [-0.39, 0.29) is 10.0 Å². The summed E-state index contributed by atoms with van der Waals surface area (Å²) in [6.07, 6.45) is 0. The van der Waals surface area contributed by atoms with Gasteiger partial charge >= 0.3 is 5.72 Å². The van der Waals surface area contributed by atoms with Crippen molar-refractivity contribution < 1.29 is 9.98 Å². The van der Waals surface area contributed by atoms with Crippen molar-refractivity contribution in [2.75, 3.05) is 0 Å². The highest BCUT2D eigenvalue weighted by Gasteiger charge is 2.69. The van der Waals surface area contributed by atoms with E-state index in [4.69, 9.17) is 0 Å². The SMILES string of the molecule is CC1(C)N([O-])[N+](=O)[C@@]1(C)O. The van der Waals surface area contributed by atoms with Crippen LogP contribution in [0.4, 0.5) is 0 Å². The smallest absolute Gasteiger partial charge is 0.367 e.